The Kier molecular flexibility index (Phi) is 8.51. The molecular weight excluding hydrogens is 460 g/mol. The first kappa shape index (κ1) is 27.8. The number of aromatic nitrogens is 2. The number of benzene rings is 2. The molecular formula is C36H44N2. The highest BCUT2D eigenvalue weighted by atomic mass is 14.7. The Morgan fingerprint density at radius 2 is 0.868 bits per heavy atom. The highest BCUT2D eigenvalue weighted by Crippen LogP contribution is 2.38. The fourth-order valence-corrected chi connectivity index (χ4v) is 5.93. The first-order valence-electron chi connectivity index (χ1n) is 13.9. The lowest BCUT2D eigenvalue weighted by Crippen LogP contribution is -2.02. The molecule has 1 saturated carbocycles. The van der Waals surface area contributed by atoms with Gasteiger partial charge >= 0.3 is 0 Å². The molecule has 4 aromatic rings. The second-order valence-corrected chi connectivity index (χ2v) is 11.3. The van der Waals surface area contributed by atoms with Crippen LogP contribution >= 0.6 is 0 Å². The van der Waals surface area contributed by atoms with E-state index in [9.17, 15) is 0 Å². The van der Waals surface area contributed by atoms with E-state index in [1.165, 1.54) is 99.1 Å². The fourth-order valence-electron chi connectivity index (χ4n) is 5.93. The zero-order chi connectivity index (χ0) is 26.1. The van der Waals surface area contributed by atoms with Crippen LogP contribution < -0.4 is 0 Å². The molecule has 0 radical (unpaired) electrons. The molecule has 0 N–H and O–H groups in total. The summed E-state index contributed by atoms with van der Waals surface area (Å²) in [5, 5.41) is 0. The lowest BCUT2D eigenvalue weighted by molar-refractivity contribution is 0.558. The summed E-state index contributed by atoms with van der Waals surface area (Å²) in [5.41, 5.74) is 15.6. The van der Waals surface area contributed by atoms with Crippen LogP contribution in [0.15, 0.2) is 60.9 Å². The summed E-state index contributed by atoms with van der Waals surface area (Å²) in [5.74, 6) is 1.08. The zero-order valence-corrected chi connectivity index (χ0v) is 23.4. The van der Waals surface area contributed by atoms with Gasteiger partial charge in [-0.2, -0.15) is 0 Å². The van der Waals surface area contributed by atoms with Crippen LogP contribution in [0, 0.1) is 41.5 Å². The number of hydrogen-bond donors (Lipinski definition) is 0. The molecule has 2 heterocycles. The predicted molar refractivity (Wildman–Crippen MR) is 163 cm³/mol. The van der Waals surface area contributed by atoms with Crippen molar-refractivity contribution >= 4 is 0 Å². The number of hydrogen-bond acceptors (Lipinski definition) is 2. The van der Waals surface area contributed by atoms with Crippen molar-refractivity contribution in [1.29, 1.82) is 0 Å². The highest BCUT2D eigenvalue weighted by Gasteiger charge is 2.23. The molecule has 2 atom stereocenters. The van der Waals surface area contributed by atoms with Gasteiger partial charge in [0.05, 0.1) is 0 Å². The van der Waals surface area contributed by atoms with E-state index in [1.807, 2.05) is 0 Å². The van der Waals surface area contributed by atoms with Crippen molar-refractivity contribution in [2.45, 2.75) is 92.9 Å². The van der Waals surface area contributed by atoms with E-state index in [0.717, 1.165) is 0 Å². The number of pyridine rings is 2. The molecule has 1 fully saturated rings. The van der Waals surface area contributed by atoms with Crippen LogP contribution in [0.4, 0.5) is 0 Å². The molecule has 2 nitrogen and oxygen atoms in total. The van der Waals surface area contributed by atoms with Crippen molar-refractivity contribution < 1.29 is 0 Å². The van der Waals surface area contributed by atoms with Gasteiger partial charge in [-0.1, -0.05) is 50.2 Å². The summed E-state index contributed by atoms with van der Waals surface area (Å²) in [4.78, 5) is 9.90. The number of rotatable bonds is 4. The van der Waals surface area contributed by atoms with Gasteiger partial charge in [0.1, 0.15) is 0 Å². The number of nitrogens with zero attached hydrogens (tertiary/aromatic N) is 2. The van der Waals surface area contributed by atoms with Gasteiger partial charge in [-0.3, -0.25) is 9.97 Å². The molecule has 1 aliphatic carbocycles. The molecule has 2 unspecified atom stereocenters. The Labute approximate surface area is 230 Å². The molecule has 2 heteroatoms. The molecule has 2 aromatic heterocycles. The van der Waals surface area contributed by atoms with Crippen LogP contribution in [0.3, 0.4) is 0 Å². The molecule has 5 rings (SSSR count). The molecule has 0 amide bonds. The monoisotopic (exact) mass is 504 g/mol. The van der Waals surface area contributed by atoms with E-state index < -0.39 is 0 Å². The minimum Gasteiger partial charge on any atom is -0.260 e. The van der Waals surface area contributed by atoms with Gasteiger partial charge in [0, 0.05) is 46.7 Å². The topological polar surface area (TPSA) is 25.8 Å². The maximum absolute atomic E-state index is 4.95. The molecule has 198 valence electrons. The average molecular weight is 505 g/mol. The standard InChI is InChI=1S/C35H40N2.CH4/c1-22-16-32(17-23(2)26(22)5)30-12-14-34(36-20-30)28-8-7-9-29(11-10-28)35-15-13-31(21-37-35)33-18-24(3)27(6)25(4)19-33;/h12-21,28-29H,7-11H2,1-6H3;1H4. The first-order valence-corrected chi connectivity index (χ1v) is 13.9. The Morgan fingerprint density at radius 1 is 0.500 bits per heavy atom. The summed E-state index contributed by atoms with van der Waals surface area (Å²) in [6.45, 7) is 13.2. The minimum absolute atomic E-state index is 0. The summed E-state index contributed by atoms with van der Waals surface area (Å²) >= 11 is 0. The molecule has 38 heavy (non-hydrogen) atoms. The molecule has 0 aliphatic heterocycles. The van der Waals surface area contributed by atoms with Gasteiger partial charge in [0.15, 0.2) is 0 Å². The second kappa shape index (κ2) is 11.6. The van der Waals surface area contributed by atoms with E-state index in [-0.39, 0.29) is 7.43 Å². The Hall–Kier alpha value is -3.26. The molecule has 0 bridgehead atoms. The van der Waals surface area contributed by atoms with Gasteiger partial charge in [-0.05, 0) is 124 Å². The van der Waals surface area contributed by atoms with Crippen molar-refractivity contribution in [3.63, 3.8) is 0 Å². The first-order chi connectivity index (χ1) is 17.8. The molecule has 0 saturated heterocycles. The maximum atomic E-state index is 4.95. The van der Waals surface area contributed by atoms with Crippen molar-refractivity contribution in [2.75, 3.05) is 0 Å². The van der Waals surface area contributed by atoms with Gasteiger partial charge in [-0.15, -0.1) is 0 Å². The summed E-state index contributed by atoms with van der Waals surface area (Å²) in [7, 11) is 0. The second-order valence-electron chi connectivity index (χ2n) is 11.3. The fraction of sp³-hybridized carbons (Fsp3) is 0.389. The number of aryl methyl sites for hydroxylation is 4. The third-order valence-electron chi connectivity index (χ3n) is 8.90. The lowest BCUT2D eigenvalue weighted by Gasteiger charge is -2.16. The average Bonchev–Trinajstić information content (AvgIpc) is 3.16. The Bertz CT molecular complexity index is 1240. The van der Waals surface area contributed by atoms with Crippen molar-refractivity contribution in [2.24, 2.45) is 0 Å². The highest BCUT2D eigenvalue weighted by molar-refractivity contribution is 5.66. The lowest BCUT2D eigenvalue weighted by atomic mass is 9.92. The van der Waals surface area contributed by atoms with Crippen LogP contribution in [-0.4, -0.2) is 9.97 Å². The molecule has 1 aliphatic rings. The van der Waals surface area contributed by atoms with E-state index in [1.54, 1.807) is 0 Å². The van der Waals surface area contributed by atoms with Crippen molar-refractivity contribution in [3.8, 4) is 22.3 Å². The normalized spacial score (nSPS) is 17.5. The predicted octanol–water partition coefficient (Wildman–Crippen LogP) is 10.1. The van der Waals surface area contributed by atoms with Crippen LogP contribution in [0.5, 0.6) is 0 Å². The van der Waals surface area contributed by atoms with E-state index in [2.05, 4.69) is 102 Å². The quantitative estimate of drug-likeness (QED) is 0.258. The Balaban J connectivity index is 0.00000336. The third-order valence-corrected chi connectivity index (χ3v) is 8.90. The van der Waals surface area contributed by atoms with Crippen LogP contribution in [0.2, 0.25) is 0 Å². The van der Waals surface area contributed by atoms with Crippen molar-refractivity contribution in [1.82, 2.24) is 9.97 Å². The van der Waals surface area contributed by atoms with E-state index in [4.69, 9.17) is 9.97 Å². The maximum Gasteiger partial charge on any atom is 0.0434 e. The van der Waals surface area contributed by atoms with Crippen LogP contribution in [0.1, 0.15) is 96.1 Å². The van der Waals surface area contributed by atoms with Crippen LogP contribution in [-0.2, 0) is 0 Å². The molecule has 2 aromatic carbocycles. The SMILES string of the molecule is C.Cc1cc(-c2ccc(C3CCCC(c4ccc(-c5cc(C)c(C)c(C)c5)cn4)CC3)nc2)cc(C)c1C. The summed E-state index contributed by atoms with van der Waals surface area (Å²) < 4.78 is 0. The molecule has 0 spiro atoms. The summed E-state index contributed by atoms with van der Waals surface area (Å²) in [6, 6.07) is 18.2. The zero-order valence-electron chi connectivity index (χ0n) is 23.4. The van der Waals surface area contributed by atoms with Crippen molar-refractivity contribution in [3.05, 3.63) is 106 Å². The van der Waals surface area contributed by atoms with E-state index in [0.29, 0.717) is 11.8 Å². The third kappa shape index (κ3) is 5.75. The van der Waals surface area contributed by atoms with Crippen LogP contribution in [0.25, 0.3) is 22.3 Å². The van der Waals surface area contributed by atoms with E-state index >= 15 is 0 Å². The minimum atomic E-state index is 0. The van der Waals surface area contributed by atoms with Gasteiger partial charge in [-0.25, -0.2) is 0 Å². The van der Waals surface area contributed by atoms with Gasteiger partial charge in [0.2, 0.25) is 0 Å². The largest absolute Gasteiger partial charge is 0.260 e. The van der Waals surface area contributed by atoms with Gasteiger partial charge < -0.3 is 0 Å². The Morgan fingerprint density at radius 3 is 1.18 bits per heavy atom. The summed E-state index contributed by atoms with van der Waals surface area (Å²) in [6.07, 6.45) is 10.2. The smallest absolute Gasteiger partial charge is 0.0434 e. The van der Waals surface area contributed by atoms with Gasteiger partial charge in [0.25, 0.3) is 0 Å².